The van der Waals surface area contributed by atoms with Gasteiger partial charge in [0.05, 0.1) is 36.7 Å². The number of aromatic nitrogens is 4. The zero-order chi connectivity index (χ0) is 65.3. The molecular formula is C66H101BrN12O10. The molecule has 3 heterocycles. The molecule has 0 aliphatic carbocycles. The molecule has 22 nitrogen and oxygen atoms in total. The maximum atomic E-state index is 12.2. The number of Topliss-reactive ketones (excluding diaryl/α,β-unsaturated/α-hetero) is 1. The minimum atomic E-state index is -1.25. The molecular weight excluding hydrogens is 1200 g/mol. The second-order valence-electron chi connectivity index (χ2n) is 21.6. The number of amides is 4. The molecule has 3 aliphatic heterocycles. The number of fused-ring (bicyclic) bond motifs is 2. The lowest BCUT2D eigenvalue weighted by Crippen LogP contribution is -2.56. The summed E-state index contributed by atoms with van der Waals surface area (Å²) in [4.78, 5) is 96.3. The summed E-state index contributed by atoms with van der Waals surface area (Å²) < 4.78 is 2.51. The first-order chi connectivity index (χ1) is 41.3. The van der Waals surface area contributed by atoms with Crippen LogP contribution in [0.15, 0.2) is 62.6 Å². The molecule has 9 N–H and O–H groups in total. The number of carbonyl (C=O) groups is 4. The van der Waals surface area contributed by atoms with Crippen LogP contribution in [0.2, 0.25) is 0 Å². The van der Waals surface area contributed by atoms with Gasteiger partial charge in [-0.15, -0.1) is 0 Å². The lowest BCUT2D eigenvalue weighted by Gasteiger charge is -2.17. The topological polar surface area (TPSA) is 335 Å². The number of aryl methyl sites for hydroxylation is 9. The molecule has 0 bridgehead atoms. The summed E-state index contributed by atoms with van der Waals surface area (Å²) in [6.45, 7) is 28.1. The Morgan fingerprint density at radius 3 is 1.47 bits per heavy atom. The van der Waals surface area contributed by atoms with E-state index in [0.29, 0.717) is 22.5 Å². The van der Waals surface area contributed by atoms with Gasteiger partial charge in [0.1, 0.15) is 5.69 Å². The molecule has 0 spiro atoms. The van der Waals surface area contributed by atoms with E-state index in [0.717, 1.165) is 101 Å². The summed E-state index contributed by atoms with van der Waals surface area (Å²) in [6, 6.07) is 14.1. The van der Waals surface area contributed by atoms with E-state index in [1.54, 1.807) is 28.8 Å². The first kappa shape index (κ1) is 81.1. The van der Waals surface area contributed by atoms with E-state index in [4.69, 9.17) is 11.5 Å². The Balaban J connectivity index is 0.00000108. The van der Waals surface area contributed by atoms with E-state index < -0.39 is 39.8 Å². The number of halogens is 1. The van der Waals surface area contributed by atoms with E-state index in [2.05, 4.69) is 95.2 Å². The van der Waals surface area contributed by atoms with Crippen molar-refractivity contribution in [2.24, 2.45) is 5.73 Å². The Kier molecular flexibility index (Phi) is 39.1. The van der Waals surface area contributed by atoms with Crippen LogP contribution < -0.4 is 44.0 Å². The molecule has 0 radical (unpaired) electrons. The van der Waals surface area contributed by atoms with Gasteiger partial charge >= 0.3 is 29.3 Å². The van der Waals surface area contributed by atoms with Gasteiger partial charge in [0.15, 0.2) is 11.5 Å². The molecule has 89 heavy (non-hydrogen) atoms. The predicted molar refractivity (Wildman–Crippen MR) is 366 cm³/mol. The maximum Gasteiger partial charge on any atom is 0.349 e. The van der Waals surface area contributed by atoms with Crippen LogP contribution >= 0.6 is 15.9 Å². The average Bonchev–Trinajstić information content (AvgIpc) is 1.08. The maximum absolute atomic E-state index is 12.2. The number of nitrogen functional groups attached to an aromatic ring is 1. The van der Waals surface area contributed by atoms with Crippen LogP contribution in [0.1, 0.15) is 190 Å². The van der Waals surface area contributed by atoms with Gasteiger partial charge in [0.2, 0.25) is 0 Å². The number of H-pyrrole nitrogens is 1. The molecule has 3 aliphatic rings. The standard InChI is InChI=1S/C18H22N4O2.C14H22N2O2.C14H24N2.C8H8BrNO2.C6H15N.C4H2N2O4.2CH4/c1-4-5-6-7-8-22-14-10-12(3)11(2)9-13(14)19-15-16(22)20-18(24)21-17(15)23;1-4-5-6-7-8-15-13-9-11(2)12(3)10-14(13)16(17)18;1-4-5-6-7-8-16-14-10-12(3)11(2)9-13(14)15;1-5-3-7(9)8(10(11)12)4-6(5)2;1-2-3-4-5-6-7;7-1-2(8)5-4(10)6-3(1)9;;/h9-10H,4-8H2,1-3H3,(H,21,23,24);9-10,15H,4-8H2,1-3H3;9-10,16H,4-8,15H2,1-3H3;3-4H,1-2H3;2-7H2,1H3;(H2,5,6,8,9,10);2*1H4. The van der Waals surface area contributed by atoms with Crippen LogP contribution in [-0.2, 0) is 20.9 Å². The Bertz CT molecular complexity index is 3320. The van der Waals surface area contributed by atoms with E-state index in [-0.39, 0.29) is 36.8 Å². The van der Waals surface area contributed by atoms with Crippen molar-refractivity contribution in [2.75, 3.05) is 36.0 Å². The Hall–Kier alpha value is -7.92. The number of imide groups is 2. The summed E-state index contributed by atoms with van der Waals surface area (Å²) in [5.74, 6) is -3.25. The van der Waals surface area contributed by atoms with Crippen LogP contribution in [0, 0.1) is 75.6 Å². The molecule has 0 unspecified atom stereocenters. The van der Waals surface area contributed by atoms with Crippen molar-refractivity contribution >= 4 is 79.0 Å². The Morgan fingerprint density at radius 1 is 0.539 bits per heavy atom. The lowest BCUT2D eigenvalue weighted by molar-refractivity contribution is -0.385. The van der Waals surface area contributed by atoms with Gasteiger partial charge in [0, 0.05) is 31.8 Å². The third kappa shape index (κ3) is 28.0. The molecule has 4 aromatic rings. The number of nitro groups is 2. The molecule has 0 atom stereocenters. The molecule has 492 valence electrons. The monoisotopic (exact) mass is 1300 g/mol. The van der Waals surface area contributed by atoms with E-state index in [9.17, 15) is 49.0 Å². The second kappa shape index (κ2) is 42.9. The number of urea groups is 1. The minimum absolute atomic E-state index is 0. The van der Waals surface area contributed by atoms with Crippen molar-refractivity contribution in [1.82, 2.24) is 30.2 Å². The molecule has 0 aromatic heterocycles. The highest BCUT2D eigenvalue weighted by molar-refractivity contribution is 9.10. The SMILES string of the molecule is C.C.CCCCCCN.CCCCCCNc1cc(C)c(C)cc1N.CCCCCCNc1cc(C)c(C)cc1[N+](=O)[O-].CCCCCCn1c2nc(=O)[nH]c(=O)c-2nc2cc(C)c(C)cc21.Cc1cc(Br)c([N+](=O)[O-])cc1C.O=C1NC(=O)C(=O)C(=O)N1. The number of hydrogen-bond donors (Lipinski definition) is 7. The molecule has 1 fully saturated rings. The number of hydrogen-bond acceptors (Lipinski definition) is 16. The fraction of sp³-hybridized carbons (Fsp3) is 0.515. The van der Waals surface area contributed by atoms with Gasteiger partial charge in [-0.25, -0.2) is 14.6 Å². The van der Waals surface area contributed by atoms with Crippen molar-refractivity contribution < 1.29 is 29.0 Å². The first-order valence-electron chi connectivity index (χ1n) is 30.1. The molecule has 4 aromatic carbocycles. The molecule has 1 saturated heterocycles. The number of aromatic amines is 1. The number of nitrogens with one attached hydrogen (secondary N) is 5. The fourth-order valence-electron chi connectivity index (χ4n) is 8.54. The van der Waals surface area contributed by atoms with Gasteiger partial charge in [-0.3, -0.25) is 55.0 Å². The smallest absolute Gasteiger partial charge is 0.349 e. The minimum Gasteiger partial charge on any atom is -0.397 e. The zero-order valence-electron chi connectivity index (χ0n) is 53.1. The highest BCUT2D eigenvalue weighted by Crippen LogP contribution is 2.30. The molecule has 4 amide bonds. The fourth-order valence-corrected chi connectivity index (χ4v) is 9.14. The largest absolute Gasteiger partial charge is 0.397 e. The van der Waals surface area contributed by atoms with Crippen LogP contribution in [0.5, 0.6) is 0 Å². The number of anilines is 3. The van der Waals surface area contributed by atoms with E-state index in [1.807, 2.05) is 64.3 Å². The molecule has 23 heteroatoms. The van der Waals surface area contributed by atoms with Gasteiger partial charge < -0.3 is 26.7 Å². The summed E-state index contributed by atoms with van der Waals surface area (Å²) in [5, 5.41) is 31.2. The number of unbranched alkanes of at least 4 members (excludes halogenated alkanes) is 12. The highest BCUT2D eigenvalue weighted by Gasteiger charge is 2.31. The number of nitrogens with zero attached hydrogens (tertiary/aromatic N) is 5. The summed E-state index contributed by atoms with van der Waals surface area (Å²) in [6.07, 6.45) is 19.3. The van der Waals surface area contributed by atoms with Gasteiger partial charge in [0.25, 0.3) is 16.9 Å². The normalized spacial score (nSPS) is 11.2. The van der Waals surface area contributed by atoms with Crippen LogP contribution in [-0.4, -0.2) is 72.6 Å². The lowest BCUT2D eigenvalue weighted by atomic mass is 10.1. The average molecular weight is 1300 g/mol. The van der Waals surface area contributed by atoms with Gasteiger partial charge in [-0.2, -0.15) is 4.98 Å². The van der Waals surface area contributed by atoms with E-state index >= 15 is 0 Å². The van der Waals surface area contributed by atoms with E-state index in [1.165, 1.54) is 88.2 Å². The van der Waals surface area contributed by atoms with Crippen molar-refractivity contribution in [2.45, 2.75) is 207 Å². The number of barbiturate groups is 1. The van der Waals surface area contributed by atoms with Crippen molar-refractivity contribution in [3.63, 3.8) is 0 Å². The van der Waals surface area contributed by atoms with Crippen molar-refractivity contribution in [3.8, 4) is 11.5 Å². The van der Waals surface area contributed by atoms with Crippen LogP contribution in [0.3, 0.4) is 0 Å². The molecule has 7 rings (SSSR count). The number of nitrogens with two attached hydrogens (primary N) is 2. The third-order valence-electron chi connectivity index (χ3n) is 14.3. The van der Waals surface area contributed by atoms with Gasteiger partial charge in [-0.1, -0.05) is 120 Å². The quantitative estimate of drug-likeness (QED) is 0.00782. The predicted octanol–water partition coefficient (Wildman–Crippen LogP) is 14.6. The number of benzene rings is 4. The van der Waals surface area contributed by atoms with Crippen LogP contribution in [0.4, 0.5) is 33.2 Å². The first-order valence-corrected chi connectivity index (χ1v) is 30.9. The third-order valence-corrected chi connectivity index (χ3v) is 14.9. The summed E-state index contributed by atoms with van der Waals surface area (Å²) >= 11 is 3.14. The second-order valence-corrected chi connectivity index (χ2v) is 22.4. The highest BCUT2D eigenvalue weighted by atomic mass is 79.9. The Morgan fingerprint density at radius 2 is 0.966 bits per heavy atom. The summed E-state index contributed by atoms with van der Waals surface area (Å²) in [5.41, 5.74) is 23.8. The molecule has 0 saturated carbocycles. The van der Waals surface area contributed by atoms with Gasteiger partial charge in [-0.05, 0) is 184 Å². The van der Waals surface area contributed by atoms with Crippen LogP contribution in [0.25, 0.3) is 22.6 Å². The Labute approximate surface area is 534 Å². The van der Waals surface area contributed by atoms with Crippen molar-refractivity contribution in [3.05, 3.63) is 139 Å². The number of carbonyl (C=O) groups excluding carboxylic acids is 4. The number of nitro benzene ring substituents is 2. The number of rotatable bonds is 23. The number of ketones is 1. The zero-order valence-corrected chi connectivity index (χ0v) is 54.7. The summed E-state index contributed by atoms with van der Waals surface area (Å²) in [7, 11) is 0. The van der Waals surface area contributed by atoms with Crippen molar-refractivity contribution in [1.29, 1.82) is 0 Å².